The number of anilines is 3. The van der Waals surface area contributed by atoms with Gasteiger partial charge in [0.1, 0.15) is 33.4 Å². The SMILES string of the molecule is Nc1nc2c(ncn2COCCO)c(=O)[nH]1.Nc1nc2c(ncn2COCCOC(=O)CCCCCO)c(=O)[nH]1.Nc1nc2c(ncn2COCCOC(=O)CCCCCOC(=O)CCCC[C@@H]2SC[C@@H]3NC(=O)N[C@@H]32)c(=O)[nH]1.O=C(O)CCCCCO.O=C(O)CCCC[C@@H]1SC[C@@H]2NC(=O)N[C@@H]21. The molecule has 0 saturated carbocycles. The number of imidazole rings is 3. The number of carboxylic acid groups (broad SMARTS) is 2. The Morgan fingerprint density at radius 2 is 0.779 bits per heavy atom. The topological polar surface area (TPSA) is 593 Å². The quantitative estimate of drug-likeness (QED) is 0.0110. The second-order valence-electron chi connectivity index (χ2n) is 23.9. The van der Waals surface area contributed by atoms with E-state index in [1.54, 1.807) is 0 Å². The molecule has 0 aliphatic carbocycles. The first-order valence-electron chi connectivity index (χ1n) is 34.1. The molecule has 4 fully saturated rings. The Bertz CT molecular complexity index is 3870. The molecule has 0 aromatic carbocycles. The number of aliphatic carboxylic acids is 2. The molecule has 10 rings (SSSR count). The smallest absolute Gasteiger partial charge is 0.315 e. The number of carbonyl (C=O) groups is 7. The third-order valence-electron chi connectivity index (χ3n) is 15.9. The number of thioether (sulfide) groups is 2. The van der Waals surface area contributed by atoms with E-state index in [4.69, 9.17) is 71.2 Å². The Morgan fingerprint density at radius 1 is 0.433 bits per heavy atom. The molecule has 4 amide bonds. The average molecular weight is 1510 g/mol. The fourth-order valence-electron chi connectivity index (χ4n) is 10.8. The zero-order valence-electron chi connectivity index (χ0n) is 57.6. The van der Waals surface area contributed by atoms with Crippen LogP contribution in [0.5, 0.6) is 0 Å². The van der Waals surface area contributed by atoms with Gasteiger partial charge in [0.2, 0.25) is 17.8 Å². The summed E-state index contributed by atoms with van der Waals surface area (Å²) in [6.45, 7) is 1.77. The molecule has 6 atom stereocenters. The molecule has 4 aliphatic rings. The van der Waals surface area contributed by atoms with Crippen molar-refractivity contribution in [2.45, 2.75) is 183 Å². The van der Waals surface area contributed by atoms with Crippen molar-refractivity contribution < 1.29 is 87.5 Å². The van der Waals surface area contributed by atoms with Crippen molar-refractivity contribution in [3.8, 4) is 0 Å². The minimum atomic E-state index is -0.757. The third-order valence-corrected chi connectivity index (χ3v) is 18.9. The highest BCUT2D eigenvalue weighted by Gasteiger charge is 2.43. The number of hydrogen-bond acceptors (Lipinski definition) is 30. The number of H-pyrrole nitrogens is 3. The molecule has 0 bridgehead atoms. The lowest BCUT2D eigenvalue weighted by Gasteiger charge is -2.16. The number of nitrogens with two attached hydrogens (primary N) is 3. The Hall–Kier alpha value is -9.20. The highest BCUT2D eigenvalue weighted by atomic mass is 32.2. The van der Waals surface area contributed by atoms with E-state index in [1.807, 2.05) is 23.5 Å². The van der Waals surface area contributed by atoms with Crippen LogP contribution < -0.4 is 55.1 Å². The first-order valence-corrected chi connectivity index (χ1v) is 36.2. The van der Waals surface area contributed by atoms with Crippen molar-refractivity contribution in [2.75, 3.05) is 88.2 Å². The number of carbonyl (C=O) groups excluding carboxylic acids is 5. The number of amides is 4. The van der Waals surface area contributed by atoms with Gasteiger partial charge in [-0.2, -0.15) is 38.5 Å². The number of nitrogen functional groups attached to an aromatic ring is 3. The summed E-state index contributed by atoms with van der Waals surface area (Å²) in [5.74, 6) is -0.359. The second-order valence-corrected chi connectivity index (χ2v) is 26.5. The van der Waals surface area contributed by atoms with Gasteiger partial charge < -0.3 is 92.4 Å². The Balaban J connectivity index is 0.000000223. The van der Waals surface area contributed by atoms with Gasteiger partial charge in [-0.1, -0.05) is 25.7 Å². The molecule has 10 heterocycles. The van der Waals surface area contributed by atoms with Gasteiger partial charge >= 0.3 is 41.9 Å². The molecule has 6 aromatic rings. The van der Waals surface area contributed by atoms with Crippen LogP contribution in [-0.2, 0) is 72.6 Å². The standard InChI is InChI=1S/C24H35N7O7S.C14H21N5O5.C10H16N2O3S.C8H11N5O3.C6H12O3/c25-23-29-21-20(22(34)30-23)26-13-31(21)14-36-10-11-38-18(33)7-2-1-5-9-37-17(32)8-4-3-6-16-19-15(12-39-16)27-24(35)28-19;15-14-17-12-11(13(22)18-14)16-8-19(12)9-23-6-7-24-10(21)4-2-1-3-5-20;13-8(14)4-2-1-3-7-9-6(5-16-7)11-10(15)12-9;9-8-11-6-5(7(15)12-8)10-3-13(6)4-16-2-1-14;7-5-3-1-2-4-6(8)9/h13,15-16,19H,1-12,14H2,(H2,27,28,35)(H3,25,29,30,34);8,20H,1-7,9H2,(H3,15,17,18,22);6-7,9H,1-5H2,(H,13,14)(H2,11,12,15);3,14H,1-2,4H2,(H3,9,11,12,15);7H,1-5H2,(H,8,9)/t15-,16-,19-;;6-,7-,9-;;/m0.0../s1. The molecule has 576 valence electrons. The van der Waals surface area contributed by atoms with Crippen molar-refractivity contribution in [3.63, 3.8) is 0 Å². The van der Waals surface area contributed by atoms with Crippen molar-refractivity contribution in [1.82, 2.24) is 79.8 Å². The van der Waals surface area contributed by atoms with Crippen LogP contribution in [0.25, 0.3) is 33.5 Å². The van der Waals surface area contributed by atoms with Gasteiger partial charge in [-0.25, -0.2) is 24.5 Å². The van der Waals surface area contributed by atoms with Gasteiger partial charge in [-0.15, -0.1) is 0 Å². The van der Waals surface area contributed by atoms with Crippen molar-refractivity contribution >= 4 is 117 Å². The fraction of sp³-hybridized carbons (Fsp3) is 0.645. The van der Waals surface area contributed by atoms with Crippen LogP contribution in [0, 0.1) is 0 Å². The largest absolute Gasteiger partial charge is 0.481 e. The fourth-order valence-corrected chi connectivity index (χ4v) is 13.9. The van der Waals surface area contributed by atoms with E-state index in [9.17, 15) is 47.9 Å². The number of unbranched alkanes of at least 4 members (excludes halogenated alkanes) is 8. The number of aromatic nitrogens is 12. The normalized spacial score (nSPS) is 17.5. The molecular weight excluding hydrogens is 1410 g/mol. The summed E-state index contributed by atoms with van der Waals surface area (Å²) in [7, 11) is 0. The predicted octanol–water partition coefficient (Wildman–Crippen LogP) is 0.909. The molecule has 4 saturated heterocycles. The van der Waals surface area contributed by atoms with E-state index in [1.165, 1.54) is 32.7 Å². The maximum Gasteiger partial charge on any atom is 0.315 e. The van der Waals surface area contributed by atoms with E-state index in [-0.39, 0.29) is 186 Å². The summed E-state index contributed by atoms with van der Waals surface area (Å²) < 4.78 is 36.0. The number of hydrogen-bond donors (Lipinski definition) is 15. The van der Waals surface area contributed by atoms with Crippen LogP contribution in [0.1, 0.15) is 128 Å². The number of ether oxygens (including phenoxy) is 6. The highest BCUT2D eigenvalue weighted by Crippen LogP contribution is 2.34. The molecule has 0 radical (unpaired) electrons. The summed E-state index contributed by atoms with van der Waals surface area (Å²) >= 11 is 3.75. The van der Waals surface area contributed by atoms with Crippen LogP contribution >= 0.6 is 23.5 Å². The molecule has 104 heavy (non-hydrogen) atoms. The summed E-state index contributed by atoms with van der Waals surface area (Å²) in [4.78, 5) is 144. The molecule has 4 aliphatic heterocycles. The summed E-state index contributed by atoms with van der Waals surface area (Å²) in [6, 6.07) is 0.779. The maximum absolute atomic E-state index is 11.9. The Morgan fingerprint density at radius 3 is 1.15 bits per heavy atom. The molecule has 6 aromatic heterocycles. The summed E-state index contributed by atoms with van der Waals surface area (Å²) in [6.07, 6.45) is 17.5. The number of aliphatic hydroxyl groups excluding tert-OH is 3. The number of carboxylic acids is 2. The monoisotopic (exact) mass is 1510 g/mol. The summed E-state index contributed by atoms with van der Waals surface area (Å²) in [5, 5.41) is 54.7. The number of nitrogens with one attached hydrogen (secondary N) is 7. The molecular formula is C62H95N19O21S2. The van der Waals surface area contributed by atoms with E-state index in [0.29, 0.717) is 85.4 Å². The van der Waals surface area contributed by atoms with Gasteiger partial charge in [0.15, 0.2) is 33.5 Å². The van der Waals surface area contributed by atoms with Crippen molar-refractivity contribution in [1.29, 1.82) is 0 Å². The minimum Gasteiger partial charge on any atom is -0.481 e. The van der Waals surface area contributed by atoms with Gasteiger partial charge in [0.25, 0.3) is 16.7 Å². The number of aromatic amines is 3. The first kappa shape index (κ1) is 83.7. The van der Waals surface area contributed by atoms with Gasteiger partial charge in [-0.05, 0) is 70.6 Å². The zero-order chi connectivity index (χ0) is 75.2. The zero-order valence-corrected chi connectivity index (χ0v) is 59.2. The number of aliphatic hydroxyl groups is 3. The average Bonchev–Trinajstić information content (AvgIpc) is 1.68. The Labute approximate surface area is 603 Å². The maximum atomic E-state index is 11.9. The van der Waals surface area contributed by atoms with Gasteiger partial charge in [0, 0.05) is 67.3 Å². The number of rotatable bonds is 40. The van der Waals surface area contributed by atoms with Gasteiger partial charge in [-0.3, -0.25) is 67.0 Å². The molecule has 0 unspecified atom stereocenters. The minimum absolute atomic E-state index is 0.00405. The van der Waals surface area contributed by atoms with E-state index >= 15 is 0 Å². The third kappa shape index (κ3) is 29.1. The van der Waals surface area contributed by atoms with Crippen LogP contribution in [0.15, 0.2) is 33.4 Å². The van der Waals surface area contributed by atoms with Crippen LogP contribution in [0.2, 0.25) is 0 Å². The Kier molecular flexibility index (Phi) is 36.9. The van der Waals surface area contributed by atoms with E-state index in [2.05, 4.69) is 66.1 Å². The van der Waals surface area contributed by atoms with Crippen molar-refractivity contribution in [3.05, 3.63) is 50.0 Å². The lowest BCUT2D eigenvalue weighted by atomic mass is 10.0. The number of nitrogens with zero attached hydrogens (tertiary/aromatic N) is 9. The van der Waals surface area contributed by atoms with Gasteiger partial charge in [0.05, 0.1) is 76.2 Å². The molecule has 18 N–H and O–H groups in total. The molecule has 0 spiro atoms. The van der Waals surface area contributed by atoms with Crippen LogP contribution in [0.4, 0.5) is 27.4 Å². The second kappa shape index (κ2) is 45.8. The number of esters is 3. The number of urea groups is 2. The van der Waals surface area contributed by atoms with E-state index < -0.39 is 23.1 Å². The number of fused-ring (bicyclic) bond motifs is 5. The predicted molar refractivity (Wildman–Crippen MR) is 378 cm³/mol. The summed E-state index contributed by atoms with van der Waals surface area (Å²) in [5.41, 5.74) is 16.8. The van der Waals surface area contributed by atoms with Crippen LogP contribution in [-0.4, -0.2) is 232 Å². The highest BCUT2D eigenvalue weighted by molar-refractivity contribution is 8.00. The molecule has 42 heteroatoms. The molecule has 40 nitrogen and oxygen atoms in total. The van der Waals surface area contributed by atoms with E-state index in [0.717, 1.165) is 69.3 Å². The van der Waals surface area contributed by atoms with Crippen molar-refractivity contribution in [2.24, 2.45) is 0 Å². The lowest BCUT2D eigenvalue weighted by molar-refractivity contribution is -0.146. The lowest BCUT2D eigenvalue weighted by Crippen LogP contribution is -2.36. The van der Waals surface area contributed by atoms with Crippen LogP contribution in [0.3, 0.4) is 0 Å². The first-order chi connectivity index (χ1) is 50.2.